The van der Waals surface area contributed by atoms with E-state index in [0.29, 0.717) is 26.3 Å². The molecule has 1 aromatic rings. The summed E-state index contributed by atoms with van der Waals surface area (Å²) in [6.07, 6.45) is 0. The molecule has 1 saturated heterocycles. The summed E-state index contributed by atoms with van der Waals surface area (Å²) in [5.74, 6) is -1.29. The third-order valence-corrected chi connectivity index (χ3v) is 3.56. The molecule has 0 atom stereocenters. The van der Waals surface area contributed by atoms with Gasteiger partial charge in [0.1, 0.15) is 5.82 Å². The third kappa shape index (κ3) is 6.12. The Morgan fingerprint density at radius 2 is 1.88 bits per heavy atom. The van der Waals surface area contributed by atoms with Gasteiger partial charge < -0.3 is 15.0 Å². The Balaban J connectivity index is 1.74. The minimum Gasteiger partial charge on any atom is -0.378 e. The van der Waals surface area contributed by atoms with E-state index >= 15 is 0 Å². The lowest BCUT2D eigenvalue weighted by atomic mass is 10.3. The zero-order valence-corrected chi connectivity index (χ0v) is 14.0. The molecular formula is C16H21FN4O4. The number of carbonyl (C=O) groups excluding carboxylic acids is 3. The van der Waals surface area contributed by atoms with Crippen LogP contribution in [0.3, 0.4) is 0 Å². The van der Waals surface area contributed by atoms with Crippen LogP contribution < -0.4 is 10.6 Å². The van der Waals surface area contributed by atoms with Crippen molar-refractivity contribution in [3.8, 4) is 0 Å². The highest BCUT2D eigenvalue weighted by atomic mass is 19.1. The van der Waals surface area contributed by atoms with Crippen LogP contribution in [-0.2, 0) is 14.3 Å². The normalized spacial score (nSPS) is 14.3. The molecule has 1 heterocycles. The van der Waals surface area contributed by atoms with Crippen molar-refractivity contribution in [3.05, 3.63) is 30.1 Å². The number of morpholine rings is 1. The maximum absolute atomic E-state index is 13.4. The monoisotopic (exact) mass is 352 g/mol. The average molecular weight is 352 g/mol. The molecule has 0 radical (unpaired) electrons. The maximum Gasteiger partial charge on any atom is 0.326 e. The standard InChI is InChI=1S/C16H21FN4O4/c1-20(11-15(23)21-6-8-25-9-7-21)10-14(22)19-16(24)18-13-5-3-2-4-12(13)17/h2-5H,6-11H2,1H3,(H2,18,19,22,24). The summed E-state index contributed by atoms with van der Waals surface area (Å²) in [5.41, 5.74) is -0.0244. The van der Waals surface area contributed by atoms with E-state index in [-0.39, 0.29) is 24.7 Å². The first kappa shape index (κ1) is 18.8. The summed E-state index contributed by atoms with van der Waals surface area (Å²) in [4.78, 5) is 38.8. The van der Waals surface area contributed by atoms with Crippen molar-refractivity contribution in [2.75, 3.05) is 51.8 Å². The van der Waals surface area contributed by atoms with Gasteiger partial charge >= 0.3 is 6.03 Å². The largest absolute Gasteiger partial charge is 0.378 e. The number of urea groups is 1. The van der Waals surface area contributed by atoms with E-state index < -0.39 is 17.8 Å². The highest BCUT2D eigenvalue weighted by Crippen LogP contribution is 2.11. The molecule has 1 aliphatic rings. The zero-order valence-electron chi connectivity index (χ0n) is 14.0. The Bertz CT molecular complexity index is 634. The molecule has 2 N–H and O–H groups in total. The van der Waals surface area contributed by atoms with E-state index in [1.165, 1.54) is 23.1 Å². The molecule has 4 amide bonds. The minimum absolute atomic E-state index is 0.0244. The molecule has 2 rings (SSSR count). The number of benzene rings is 1. The van der Waals surface area contributed by atoms with Crippen LogP contribution in [0, 0.1) is 5.82 Å². The Hall–Kier alpha value is -2.52. The number of nitrogens with zero attached hydrogens (tertiary/aromatic N) is 2. The van der Waals surface area contributed by atoms with Gasteiger partial charge in [0.25, 0.3) is 0 Å². The number of para-hydroxylation sites is 1. The van der Waals surface area contributed by atoms with E-state index in [0.717, 1.165) is 0 Å². The highest BCUT2D eigenvalue weighted by molar-refractivity contribution is 6.01. The highest BCUT2D eigenvalue weighted by Gasteiger charge is 2.19. The number of nitrogens with one attached hydrogen (secondary N) is 2. The van der Waals surface area contributed by atoms with Crippen LogP contribution in [0.2, 0.25) is 0 Å². The van der Waals surface area contributed by atoms with Gasteiger partial charge in [-0.15, -0.1) is 0 Å². The van der Waals surface area contributed by atoms with Crippen LogP contribution in [-0.4, -0.2) is 74.1 Å². The molecule has 0 aromatic heterocycles. The number of carbonyl (C=O) groups is 3. The molecule has 136 valence electrons. The number of hydrogen-bond acceptors (Lipinski definition) is 5. The second-order valence-electron chi connectivity index (χ2n) is 5.65. The van der Waals surface area contributed by atoms with Crippen molar-refractivity contribution in [2.24, 2.45) is 0 Å². The van der Waals surface area contributed by atoms with Crippen molar-refractivity contribution in [2.45, 2.75) is 0 Å². The molecule has 0 saturated carbocycles. The van der Waals surface area contributed by atoms with Gasteiger partial charge in [-0.05, 0) is 19.2 Å². The van der Waals surface area contributed by atoms with E-state index in [9.17, 15) is 18.8 Å². The maximum atomic E-state index is 13.4. The van der Waals surface area contributed by atoms with Gasteiger partial charge in [-0.2, -0.15) is 0 Å². The first-order valence-electron chi connectivity index (χ1n) is 7.85. The molecule has 1 aromatic carbocycles. The van der Waals surface area contributed by atoms with Crippen LogP contribution >= 0.6 is 0 Å². The summed E-state index contributed by atoms with van der Waals surface area (Å²) in [5, 5.41) is 4.35. The van der Waals surface area contributed by atoms with Gasteiger partial charge in [-0.3, -0.25) is 19.8 Å². The Kier molecular flexibility index (Phi) is 6.84. The van der Waals surface area contributed by atoms with Crippen LogP contribution in [0.4, 0.5) is 14.9 Å². The fourth-order valence-electron chi connectivity index (χ4n) is 2.33. The lowest BCUT2D eigenvalue weighted by Gasteiger charge is -2.28. The predicted molar refractivity (Wildman–Crippen MR) is 88.5 cm³/mol. The Morgan fingerprint density at radius 3 is 2.56 bits per heavy atom. The summed E-state index contributed by atoms with van der Waals surface area (Å²) in [6, 6.07) is 4.80. The van der Waals surface area contributed by atoms with Crippen molar-refractivity contribution in [1.29, 1.82) is 0 Å². The molecule has 8 nitrogen and oxygen atoms in total. The van der Waals surface area contributed by atoms with Crippen molar-refractivity contribution >= 4 is 23.5 Å². The van der Waals surface area contributed by atoms with E-state index in [1.807, 2.05) is 0 Å². The number of imide groups is 1. The molecule has 1 aliphatic heterocycles. The van der Waals surface area contributed by atoms with Gasteiger partial charge in [0.05, 0.1) is 32.0 Å². The smallest absolute Gasteiger partial charge is 0.326 e. The predicted octanol–water partition coefficient (Wildman–Crippen LogP) is 0.264. The zero-order chi connectivity index (χ0) is 18.2. The van der Waals surface area contributed by atoms with Gasteiger partial charge in [0.15, 0.2) is 0 Å². The summed E-state index contributed by atoms with van der Waals surface area (Å²) >= 11 is 0. The molecule has 0 spiro atoms. The summed E-state index contributed by atoms with van der Waals surface area (Å²) < 4.78 is 18.6. The minimum atomic E-state index is -0.831. The van der Waals surface area contributed by atoms with Gasteiger partial charge in [0.2, 0.25) is 11.8 Å². The molecule has 1 fully saturated rings. The lowest BCUT2D eigenvalue weighted by molar-refractivity contribution is -0.136. The number of likely N-dealkylation sites (N-methyl/N-ethyl adjacent to an activating group) is 1. The summed E-state index contributed by atoms with van der Waals surface area (Å²) in [6.45, 7) is 2.00. The van der Waals surface area contributed by atoms with Gasteiger partial charge in [-0.1, -0.05) is 12.1 Å². The molecule has 25 heavy (non-hydrogen) atoms. The average Bonchev–Trinajstić information content (AvgIpc) is 2.57. The number of rotatable bonds is 5. The van der Waals surface area contributed by atoms with Crippen molar-refractivity contribution in [3.63, 3.8) is 0 Å². The number of hydrogen-bond donors (Lipinski definition) is 2. The van der Waals surface area contributed by atoms with E-state index in [1.54, 1.807) is 18.0 Å². The second kappa shape index (κ2) is 9.09. The van der Waals surface area contributed by atoms with Crippen LogP contribution in [0.5, 0.6) is 0 Å². The topological polar surface area (TPSA) is 91.0 Å². The fraction of sp³-hybridized carbons (Fsp3) is 0.438. The summed E-state index contributed by atoms with van der Waals surface area (Å²) in [7, 11) is 1.60. The van der Waals surface area contributed by atoms with Crippen LogP contribution in [0.1, 0.15) is 0 Å². The number of halogens is 1. The number of ether oxygens (including phenoxy) is 1. The second-order valence-corrected chi connectivity index (χ2v) is 5.65. The quantitative estimate of drug-likeness (QED) is 0.794. The first-order valence-corrected chi connectivity index (χ1v) is 7.85. The molecular weight excluding hydrogens is 331 g/mol. The molecule has 0 bridgehead atoms. The molecule has 9 heteroatoms. The third-order valence-electron chi connectivity index (χ3n) is 3.56. The van der Waals surface area contributed by atoms with E-state index in [2.05, 4.69) is 10.6 Å². The SMILES string of the molecule is CN(CC(=O)NC(=O)Nc1ccccc1F)CC(=O)N1CCOCC1. The van der Waals surface area contributed by atoms with E-state index in [4.69, 9.17) is 4.74 Å². The fourth-order valence-corrected chi connectivity index (χ4v) is 2.33. The Morgan fingerprint density at radius 1 is 1.20 bits per heavy atom. The van der Waals surface area contributed by atoms with Crippen molar-refractivity contribution < 1.29 is 23.5 Å². The molecule has 0 unspecified atom stereocenters. The lowest BCUT2D eigenvalue weighted by Crippen LogP contribution is -2.47. The number of anilines is 1. The van der Waals surface area contributed by atoms with Gasteiger partial charge in [-0.25, -0.2) is 9.18 Å². The van der Waals surface area contributed by atoms with Crippen LogP contribution in [0.15, 0.2) is 24.3 Å². The molecule has 0 aliphatic carbocycles. The first-order chi connectivity index (χ1) is 12.0. The van der Waals surface area contributed by atoms with Crippen LogP contribution in [0.25, 0.3) is 0 Å². The van der Waals surface area contributed by atoms with Crippen molar-refractivity contribution in [1.82, 2.24) is 15.1 Å². The van der Waals surface area contributed by atoms with Gasteiger partial charge in [0, 0.05) is 13.1 Å². The number of amides is 4. The Labute approximate surface area is 144 Å².